The van der Waals surface area contributed by atoms with Crippen molar-refractivity contribution in [1.29, 1.82) is 0 Å². The summed E-state index contributed by atoms with van der Waals surface area (Å²) in [6, 6.07) is 15.3. The van der Waals surface area contributed by atoms with Crippen LogP contribution in [0.5, 0.6) is 0 Å². The molecule has 1 aromatic heterocycles. The number of carbonyl (C=O) groups excluding carboxylic acids is 1. The summed E-state index contributed by atoms with van der Waals surface area (Å²) in [4.78, 5) is 35.9. The highest BCUT2D eigenvalue weighted by molar-refractivity contribution is 7.07. The highest BCUT2D eigenvalue weighted by atomic mass is 32.1. The van der Waals surface area contributed by atoms with Crippen LogP contribution in [0.3, 0.4) is 0 Å². The maximum absolute atomic E-state index is 13.7. The predicted octanol–water partition coefficient (Wildman–Crippen LogP) is 2.93. The molecule has 0 unspecified atom stereocenters. The van der Waals surface area contributed by atoms with Crippen LogP contribution < -0.4 is 24.7 Å². The first kappa shape index (κ1) is 24.5. The van der Waals surface area contributed by atoms with Gasteiger partial charge >= 0.3 is 5.97 Å². The number of hydrogen-bond donors (Lipinski definition) is 0. The van der Waals surface area contributed by atoms with Gasteiger partial charge in [0.2, 0.25) is 0 Å². The summed E-state index contributed by atoms with van der Waals surface area (Å²) in [6.45, 7) is 3.81. The van der Waals surface area contributed by atoms with Crippen molar-refractivity contribution in [3.05, 3.63) is 90.6 Å². The maximum Gasteiger partial charge on any atom is 0.338 e. The Morgan fingerprint density at radius 1 is 1.03 bits per heavy atom. The number of aromatic nitrogens is 1. The smallest absolute Gasteiger partial charge is 0.338 e. The average Bonchev–Trinajstić information content (AvgIpc) is 3.13. The number of esters is 1. The van der Waals surface area contributed by atoms with E-state index in [1.54, 1.807) is 18.4 Å². The van der Waals surface area contributed by atoms with Crippen molar-refractivity contribution in [2.75, 3.05) is 44.6 Å². The Hall–Kier alpha value is -3.65. The SMILES string of the molecule is CCOC(=O)C1=C(C)N=c2sc(=Cc3ccc(N(C)C)cc3)c(=O)n2[C@@H]1c1ccc(N(C)C)cc1. The van der Waals surface area contributed by atoms with E-state index in [0.717, 1.165) is 22.5 Å². The number of hydrogen-bond acceptors (Lipinski definition) is 7. The fourth-order valence-corrected chi connectivity index (χ4v) is 5.13. The minimum atomic E-state index is -0.611. The van der Waals surface area contributed by atoms with Crippen LogP contribution in [-0.2, 0) is 9.53 Å². The zero-order valence-electron chi connectivity index (χ0n) is 20.9. The molecule has 0 spiro atoms. The lowest BCUT2D eigenvalue weighted by atomic mass is 9.95. The van der Waals surface area contributed by atoms with Crippen LogP contribution in [0.25, 0.3) is 6.08 Å². The fraction of sp³-hybridized carbons (Fsp3) is 0.296. The molecule has 0 radical (unpaired) electrons. The van der Waals surface area contributed by atoms with E-state index >= 15 is 0 Å². The third-order valence-electron chi connectivity index (χ3n) is 5.95. The van der Waals surface area contributed by atoms with E-state index < -0.39 is 12.0 Å². The molecule has 1 atom stereocenters. The number of thiazole rings is 1. The molecule has 35 heavy (non-hydrogen) atoms. The third-order valence-corrected chi connectivity index (χ3v) is 6.93. The molecule has 182 valence electrons. The number of carbonyl (C=O) groups is 1. The summed E-state index contributed by atoms with van der Waals surface area (Å²) < 4.78 is 7.55. The first-order chi connectivity index (χ1) is 16.7. The number of benzene rings is 2. The van der Waals surface area contributed by atoms with E-state index in [-0.39, 0.29) is 12.2 Å². The Bertz CT molecular complexity index is 1450. The quantitative estimate of drug-likeness (QED) is 0.497. The van der Waals surface area contributed by atoms with Crippen molar-refractivity contribution in [2.45, 2.75) is 19.9 Å². The topological polar surface area (TPSA) is 67.1 Å². The zero-order valence-corrected chi connectivity index (χ0v) is 21.7. The molecule has 2 aromatic carbocycles. The monoisotopic (exact) mass is 490 g/mol. The molecule has 8 heteroatoms. The summed E-state index contributed by atoms with van der Waals surface area (Å²) >= 11 is 1.33. The fourth-order valence-electron chi connectivity index (χ4n) is 4.08. The molecule has 2 heterocycles. The van der Waals surface area contributed by atoms with Crippen LogP contribution in [0, 0.1) is 0 Å². The highest BCUT2D eigenvalue weighted by Gasteiger charge is 2.33. The second kappa shape index (κ2) is 9.92. The van der Waals surface area contributed by atoms with Gasteiger partial charge < -0.3 is 14.5 Å². The molecular weight excluding hydrogens is 460 g/mol. The molecule has 0 saturated carbocycles. The van der Waals surface area contributed by atoms with Gasteiger partial charge in [-0.2, -0.15) is 0 Å². The normalized spacial score (nSPS) is 15.5. The number of ether oxygens (including phenoxy) is 1. The van der Waals surface area contributed by atoms with Gasteiger partial charge in [0.1, 0.15) is 0 Å². The van der Waals surface area contributed by atoms with Crippen molar-refractivity contribution in [1.82, 2.24) is 4.57 Å². The van der Waals surface area contributed by atoms with Crippen molar-refractivity contribution in [3.63, 3.8) is 0 Å². The Labute approximate surface area is 208 Å². The van der Waals surface area contributed by atoms with Crippen molar-refractivity contribution in [3.8, 4) is 0 Å². The van der Waals surface area contributed by atoms with Crippen LogP contribution in [0.15, 0.2) is 69.6 Å². The Kier molecular flexibility index (Phi) is 6.93. The first-order valence-electron chi connectivity index (χ1n) is 11.5. The summed E-state index contributed by atoms with van der Waals surface area (Å²) in [6.07, 6.45) is 1.87. The van der Waals surface area contributed by atoms with E-state index in [1.165, 1.54) is 11.3 Å². The van der Waals surface area contributed by atoms with Gasteiger partial charge in [-0.25, -0.2) is 9.79 Å². The minimum Gasteiger partial charge on any atom is -0.463 e. The molecule has 3 aromatic rings. The molecule has 7 nitrogen and oxygen atoms in total. The van der Waals surface area contributed by atoms with E-state index in [2.05, 4.69) is 4.99 Å². The number of rotatable bonds is 6. The lowest BCUT2D eigenvalue weighted by molar-refractivity contribution is -0.139. The standard InChI is InChI=1S/C27H30N4O3S/c1-7-34-26(33)23-17(2)28-27-31(24(23)19-10-14-21(15-11-19)30(5)6)25(32)22(35-27)16-18-8-12-20(13-9-18)29(3)4/h8-16,24H,7H2,1-6H3/t24-/m1/s1. The van der Waals surface area contributed by atoms with E-state index in [0.29, 0.717) is 20.6 Å². The number of fused-ring (bicyclic) bond motifs is 1. The first-order valence-corrected chi connectivity index (χ1v) is 12.3. The van der Waals surface area contributed by atoms with Gasteiger partial charge in [-0.15, -0.1) is 0 Å². The lowest BCUT2D eigenvalue weighted by Gasteiger charge is -2.25. The van der Waals surface area contributed by atoms with E-state index in [1.807, 2.05) is 92.6 Å². The largest absolute Gasteiger partial charge is 0.463 e. The van der Waals surface area contributed by atoms with Crippen molar-refractivity contribution in [2.24, 2.45) is 4.99 Å². The van der Waals surface area contributed by atoms with Gasteiger partial charge in [0, 0.05) is 39.6 Å². The maximum atomic E-state index is 13.7. The Morgan fingerprint density at radius 3 is 2.14 bits per heavy atom. The van der Waals surface area contributed by atoms with Crippen LogP contribution in [-0.4, -0.2) is 45.3 Å². The summed E-state index contributed by atoms with van der Waals surface area (Å²) in [5, 5.41) is 0. The molecule has 0 bridgehead atoms. The molecule has 0 saturated heterocycles. The Balaban J connectivity index is 1.88. The highest BCUT2D eigenvalue weighted by Crippen LogP contribution is 2.31. The molecule has 0 fully saturated rings. The molecule has 1 aliphatic heterocycles. The van der Waals surface area contributed by atoms with Gasteiger partial charge in [0.05, 0.1) is 28.5 Å². The number of allylic oxidation sites excluding steroid dienone is 1. The predicted molar refractivity (Wildman–Crippen MR) is 142 cm³/mol. The minimum absolute atomic E-state index is 0.179. The van der Waals surface area contributed by atoms with Crippen LogP contribution in [0.1, 0.15) is 31.0 Å². The summed E-state index contributed by atoms with van der Waals surface area (Å²) in [7, 11) is 7.91. The average molecular weight is 491 g/mol. The van der Waals surface area contributed by atoms with Crippen LogP contribution in [0.4, 0.5) is 11.4 Å². The molecule has 0 amide bonds. The molecule has 0 aliphatic carbocycles. The van der Waals surface area contributed by atoms with Crippen molar-refractivity contribution < 1.29 is 9.53 Å². The van der Waals surface area contributed by atoms with Crippen LogP contribution in [0.2, 0.25) is 0 Å². The van der Waals surface area contributed by atoms with Crippen molar-refractivity contribution >= 4 is 34.8 Å². The Morgan fingerprint density at radius 2 is 1.60 bits per heavy atom. The van der Waals surface area contributed by atoms with Crippen LogP contribution >= 0.6 is 11.3 Å². The lowest BCUT2D eigenvalue weighted by Crippen LogP contribution is -2.39. The second-order valence-corrected chi connectivity index (χ2v) is 9.78. The zero-order chi connectivity index (χ0) is 25.3. The molecule has 0 N–H and O–H groups in total. The van der Waals surface area contributed by atoms with Gasteiger partial charge in [0.15, 0.2) is 4.80 Å². The van der Waals surface area contributed by atoms with Gasteiger partial charge in [-0.3, -0.25) is 9.36 Å². The number of anilines is 2. The molecule has 1 aliphatic rings. The van der Waals surface area contributed by atoms with E-state index in [4.69, 9.17) is 4.74 Å². The van der Waals surface area contributed by atoms with Gasteiger partial charge in [0.25, 0.3) is 5.56 Å². The summed E-state index contributed by atoms with van der Waals surface area (Å²) in [5.41, 5.74) is 4.64. The summed E-state index contributed by atoms with van der Waals surface area (Å²) in [5.74, 6) is -0.455. The second-order valence-electron chi connectivity index (χ2n) is 8.77. The number of nitrogens with zero attached hydrogens (tertiary/aromatic N) is 4. The van der Waals surface area contributed by atoms with Gasteiger partial charge in [-0.05, 0) is 55.3 Å². The molecule has 4 rings (SSSR count). The van der Waals surface area contributed by atoms with Gasteiger partial charge in [-0.1, -0.05) is 35.6 Å². The molecular formula is C27H30N4O3S. The van der Waals surface area contributed by atoms with E-state index in [9.17, 15) is 9.59 Å². The third kappa shape index (κ3) is 4.79.